The van der Waals surface area contributed by atoms with Gasteiger partial charge in [-0.05, 0) is 43.3 Å². The Morgan fingerprint density at radius 2 is 1.95 bits per heavy atom. The SMILES string of the molecule is CCNC(c1cc(F)ccc1Br)c1cc(C)ccc1OC. The molecule has 2 aromatic carbocycles. The van der Waals surface area contributed by atoms with Gasteiger partial charge in [0.05, 0.1) is 13.2 Å². The minimum atomic E-state index is -0.247. The molecule has 0 bridgehead atoms. The number of methoxy groups -OCH3 is 1. The van der Waals surface area contributed by atoms with Crippen molar-refractivity contribution in [2.75, 3.05) is 13.7 Å². The molecule has 0 saturated carbocycles. The molecule has 2 aromatic rings. The zero-order chi connectivity index (χ0) is 15.4. The van der Waals surface area contributed by atoms with E-state index < -0.39 is 0 Å². The van der Waals surface area contributed by atoms with Gasteiger partial charge in [0, 0.05) is 10.0 Å². The highest BCUT2D eigenvalue weighted by atomic mass is 79.9. The van der Waals surface area contributed by atoms with E-state index in [1.54, 1.807) is 19.2 Å². The smallest absolute Gasteiger partial charge is 0.124 e. The Labute approximate surface area is 133 Å². The second kappa shape index (κ2) is 7.05. The Morgan fingerprint density at radius 3 is 2.62 bits per heavy atom. The van der Waals surface area contributed by atoms with Crippen LogP contribution in [0.15, 0.2) is 40.9 Å². The number of rotatable bonds is 5. The van der Waals surface area contributed by atoms with Gasteiger partial charge < -0.3 is 10.1 Å². The quantitative estimate of drug-likeness (QED) is 0.849. The van der Waals surface area contributed by atoms with Gasteiger partial charge >= 0.3 is 0 Å². The van der Waals surface area contributed by atoms with E-state index in [1.165, 1.54) is 6.07 Å². The molecule has 112 valence electrons. The van der Waals surface area contributed by atoms with Crippen LogP contribution >= 0.6 is 15.9 Å². The predicted molar refractivity (Wildman–Crippen MR) is 87.4 cm³/mol. The first-order valence-electron chi connectivity index (χ1n) is 6.89. The van der Waals surface area contributed by atoms with E-state index in [1.807, 2.05) is 26.0 Å². The molecule has 0 heterocycles. The van der Waals surface area contributed by atoms with Crippen LogP contribution in [0.1, 0.15) is 29.7 Å². The molecule has 0 aliphatic heterocycles. The van der Waals surface area contributed by atoms with Crippen molar-refractivity contribution in [1.29, 1.82) is 0 Å². The first kappa shape index (κ1) is 16.0. The Balaban J connectivity index is 2.58. The number of hydrogen-bond donors (Lipinski definition) is 1. The molecule has 1 unspecified atom stereocenters. The molecule has 1 N–H and O–H groups in total. The number of benzene rings is 2. The van der Waals surface area contributed by atoms with Crippen LogP contribution in [0.3, 0.4) is 0 Å². The predicted octanol–water partition coefficient (Wildman–Crippen LogP) is 4.60. The van der Waals surface area contributed by atoms with Crippen molar-refractivity contribution in [3.8, 4) is 5.75 Å². The second-order valence-corrected chi connectivity index (χ2v) is 5.76. The van der Waals surface area contributed by atoms with E-state index in [0.29, 0.717) is 0 Å². The number of ether oxygens (including phenoxy) is 1. The molecule has 4 heteroatoms. The summed E-state index contributed by atoms with van der Waals surface area (Å²) in [5, 5.41) is 3.41. The third-order valence-electron chi connectivity index (χ3n) is 3.37. The molecular weight excluding hydrogens is 333 g/mol. The van der Waals surface area contributed by atoms with E-state index in [4.69, 9.17) is 4.74 Å². The Kier molecular flexibility index (Phi) is 5.37. The molecule has 21 heavy (non-hydrogen) atoms. The van der Waals surface area contributed by atoms with E-state index in [0.717, 1.165) is 33.5 Å². The van der Waals surface area contributed by atoms with Crippen molar-refractivity contribution in [3.63, 3.8) is 0 Å². The van der Waals surface area contributed by atoms with Crippen molar-refractivity contribution in [2.45, 2.75) is 19.9 Å². The van der Waals surface area contributed by atoms with Crippen molar-refractivity contribution in [1.82, 2.24) is 5.32 Å². The van der Waals surface area contributed by atoms with Gasteiger partial charge in [-0.3, -0.25) is 0 Å². The molecule has 0 saturated heterocycles. The summed E-state index contributed by atoms with van der Waals surface area (Å²) in [5.74, 6) is 0.547. The van der Waals surface area contributed by atoms with Crippen LogP contribution in [-0.2, 0) is 0 Å². The van der Waals surface area contributed by atoms with E-state index in [2.05, 4.69) is 27.3 Å². The molecule has 0 radical (unpaired) electrons. The van der Waals surface area contributed by atoms with E-state index >= 15 is 0 Å². The van der Waals surface area contributed by atoms with Gasteiger partial charge in [-0.15, -0.1) is 0 Å². The fourth-order valence-corrected chi connectivity index (χ4v) is 2.88. The maximum absolute atomic E-state index is 13.6. The maximum Gasteiger partial charge on any atom is 0.124 e. The maximum atomic E-state index is 13.6. The highest BCUT2D eigenvalue weighted by molar-refractivity contribution is 9.10. The zero-order valence-electron chi connectivity index (χ0n) is 12.4. The van der Waals surface area contributed by atoms with Gasteiger partial charge in [0.15, 0.2) is 0 Å². The second-order valence-electron chi connectivity index (χ2n) is 4.90. The minimum Gasteiger partial charge on any atom is -0.496 e. The summed E-state index contributed by atoms with van der Waals surface area (Å²) >= 11 is 3.52. The van der Waals surface area contributed by atoms with Crippen LogP contribution in [0.5, 0.6) is 5.75 Å². The Morgan fingerprint density at radius 1 is 1.19 bits per heavy atom. The summed E-state index contributed by atoms with van der Waals surface area (Å²) in [6, 6.07) is 10.6. The van der Waals surface area contributed by atoms with Crippen LogP contribution in [0.2, 0.25) is 0 Å². The fourth-order valence-electron chi connectivity index (χ4n) is 2.41. The molecule has 0 fully saturated rings. The van der Waals surface area contributed by atoms with E-state index in [-0.39, 0.29) is 11.9 Å². The molecule has 0 aliphatic carbocycles. The van der Waals surface area contributed by atoms with Crippen LogP contribution in [0.4, 0.5) is 4.39 Å². The first-order chi connectivity index (χ1) is 10.1. The van der Waals surface area contributed by atoms with Gasteiger partial charge in [-0.25, -0.2) is 4.39 Å². The molecule has 0 aliphatic rings. The molecule has 2 nitrogen and oxygen atoms in total. The summed E-state index contributed by atoms with van der Waals surface area (Å²) in [6.07, 6.45) is 0. The summed E-state index contributed by atoms with van der Waals surface area (Å²) < 4.78 is 20.0. The monoisotopic (exact) mass is 351 g/mol. The number of hydrogen-bond acceptors (Lipinski definition) is 2. The van der Waals surface area contributed by atoms with Crippen molar-refractivity contribution in [2.24, 2.45) is 0 Å². The Hall–Kier alpha value is -1.39. The summed E-state index contributed by atoms with van der Waals surface area (Å²) in [4.78, 5) is 0. The average Bonchev–Trinajstić information content (AvgIpc) is 2.47. The van der Waals surface area contributed by atoms with Gasteiger partial charge in [0.2, 0.25) is 0 Å². The molecular formula is C17H19BrFNO. The Bertz CT molecular complexity index is 630. The fraction of sp³-hybridized carbons (Fsp3) is 0.294. The summed E-state index contributed by atoms with van der Waals surface area (Å²) in [7, 11) is 1.65. The lowest BCUT2D eigenvalue weighted by atomic mass is 9.96. The number of aryl methyl sites for hydroxylation is 1. The van der Waals surface area contributed by atoms with Crippen molar-refractivity contribution in [3.05, 3.63) is 63.4 Å². The highest BCUT2D eigenvalue weighted by Crippen LogP contribution is 2.34. The highest BCUT2D eigenvalue weighted by Gasteiger charge is 2.20. The summed E-state index contributed by atoms with van der Waals surface area (Å²) in [6.45, 7) is 4.83. The van der Waals surface area contributed by atoms with Gasteiger partial charge in [-0.2, -0.15) is 0 Å². The molecule has 2 rings (SSSR count). The largest absolute Gasteiger partial charge is 0.496 e. The zero-order valence-corrected chi connectivity index (χ0v) is 14.0. The molecule has 0 spiro atoms. The van der Waals surface area contributed by atoms with Gasteiger partial charge in [0.1, 0.15) is 11.6 Å². The van der Waals surface area contributed by atoms with Crippen molar-refractivity contribution >= 4 is 15.9 Å². The summed E-state index contributed by atoms with van der Waals surface area (Å²) in [5.41, 5.74) is 3.01. The third kappa shape index (κ3) is 3.63. The van der Waals surface area contributed by atoms with Crippen LogP contribution in [-0.4, -0.2) is 13.7 Å². The average molecular weight is 352 g/mol. The van der Waals surface area contributed by atoms with Crippen LogP contribution in [0.25, 0.3) is 0 Å². The number of halogens is 2. The third-order valence-corrected chi connectivity index (χ3v) is 4.10. The van der Waals surface area contributed by atoms with Gasteiger partial charge in [-0.1, -0.05) is 40.5 Å². The van der Waals surface area contributed by atoms with Crippen LogP contribution < -0.4 is 10.1 Å². The molecule has 0 amide bonds. The van der Waals surface area contributed by atoms with Gasteiger partial charge in [0.25, 0.3) is 0 Å². The lowest BCUT2D eigenvalue weighted by Gasteiger charge is -2.23. The molecule has 1 atom stereocenters. The lowest BCUT2D eigenvalue weighted by molar-refractivity contribution is 0.404. The first-order valence-corrected chi connectivity index (χ1v) is 7.69. The normalized spacial score (nSPS) is 12.2. The lowest BCUT2D eigenvalue weighted by Crippen LogP contribution is -2.23. The molecule has 0 aromatic heterocycles. The topological polar surface area (TPSA) is 21.3 Å². The van der Waals surface area contributed by atoms with Crippen LogP contribution in [0, 0.1) is 12.7 Å². The van der Waals surface area contributed by atoms with Crippen molar-refractivity contribution < 1.29 is 9.13 Å². The number of nitrogens with one attached hydrogen (secondary N) is 1. The van der Waals surface area contributed by atoms with E-state index in [9.17, 15) is 4.39 Å². The standard InChI is InChI=1S/C17H19BrFNO/c1-4-20-17(13-10-12(19)6-7-15(13)18)14-9-11(2)5-8-16(14)21-3/h5-10,17,20H,4H2,1-3H3. The minimum absolute atomic E-state index is 0.130.